The summed E-state index contributed by atoms with van der Waals surface area (Å²) in [6, 6.07) is 6.57. The zero-order chi connectivity index (χ0) is 15.6. The van der Waals surface area contributed by atoms with Gasteiger partial charge >= 0.3 is 0 Å². The first kappa shape index (κ1) is 16.3. The van der Waals surface area contributed by atoms with Crippen LogP contribution in [0.5, 0.6) is 0 Å². The molecule has 0 radical (unpaired) electrons. The lowest BCUT2D eigenvalue weighted by molar-refractivity contribution is 0.250. The minimum atomic E-state index is -3.70. The maximum absolute atomic E-state index is 11.4. The highest BCUT2D eigenvalue weighted by atomic mass is 35.5. The van der Waals surface area contributed by atoms with Gasteiger partial charge in [0.05, 0.1) is 4.90 Å². The number of hydrogen-bond donors (Lipinski definition) is 1. The zero-order valence-corrected chi connectivity index (χ0v) is 13.9. The Morgan fingerprint density at radius 2 is 2.19 bits per heavy atom. The summed E-state index contributed by atoms with van der Waals surface area (Å²) < 4.78 is 27.2. The number of benzene rings is 1. The van der Waals surface area contributed by atoms with Gasteiger partial charge < -0.3 is 0 Å². The van der Waals surface area contributed by atoms with Crippen LogP contribution in [-0.4, -0.2) is 30.0 Å². The molecule has 0 fully saturated rings. The molecule has 1 aromatic carbocycles. The second kappa shape index (κ2) is 6.37. The fraction of sp³-hybridized carbons (Fsp3) is 0.333. The van der Waals surface area contributed by atoms with Crippen molar-refractivity contribution in [3.63, 3.8) is 0 Å². The second-order valence-electron chi connectivity index (χ2n) is 4.70. The number of nitrogens with zero attached hydrogens (tertiary/aromatic N) is 3. The van der Waals surface area contributed by atoms with Crippen molar-refractivity contribution in [2.24, 2.45) is 5.14 Å². The van der Waals surface area contributed by atoms with Crippen LogP contribution in [-0.2, 0) is 16.6 Å². The van der Waals surface area contributed by atoms with Gasteiger partial charge in [-0.1, -0.05) is 28.2 Å². The highest BCUT2D eigenvalue weighted by Gasteiger charge is 2.17. The largest absolute Gasteiger partial charge is 0.294 e. The molecule has 21 heavy (non-hydrogen) atoms. The molecule has 1 heterocycles. The van der Waals surface area contributed by atoms with Crippen molar-refractivity contribution < 1.29 is 8.42 Å². The number of rotatable bonds is 5. The van der Waals surface area contributed by atoms with E-state index >= 15 is 0 Å². The van der Waals surface area contributed by atoms with Gasteiger partial charge in [0, 0.05) is 24.1 Å². The molecule has 114 valence electrons. The molecule has 0 aliphatic rings. The van der Waals surface area contributed by atoms with Gasteiger partial charge in [0.2, 0.25) is 10.0 Å². The molecule has 2 N–H and O–H groups in total. The van der Waals surface area contributed by atoms with Gasteiger partial charge in [-0.05, 0) is 31.7 Å². The Bertz CT molecular complexity index is 732. The topological polar surface area (TPSA) is 89.2 Å². The van der Waals surface area contributed by atoms with E-state index in [0.717, 1.165) is 17.1 Å². The van der Waals surface area contributed by atoms with Crippen LogP contribution in [0.2, 0.25) is 4.34 Å². The van der Waals surface area contributed by atoms with Crippen molar-refractivity contribution in [2.45, 2.75) is 24.4 Å². The average Bonchev–Trinajstić information content (AvgIpc) is 2.82. The third-order valence-corrected chi connectivity index (χ3v) is 5.13. The first-order chi connectivity index (χ1) is 9.79. The Morgan fingerprint density at radius 1 is 1.48 bits per heavy atom. The summed E-state index contributed by atoms with van der Waals surface area (Å²) in [4.78, 5) is 2.11. The molecule has 0 aliphatic carbocycles. The predicted molar refractivity (Wildman–Crippen MR) is 82.6 cm³/mol. The van der Waals surface area contributed by atoms with E-state index in [1.807, 2.05) is 24.9 Å². The number of primary sulfonamides is 1. The van der Waals surface area contributed by atoms with E-state index in [2.05, 4.69) is 9.59 Å². The minimum Gasteiger partial charge on any atom is -0.294 e. The van der Waals surface area contributed by atoms with E-state index in [1.165, 1.54) is 6.07 Å². The zero-order valence-electron chi connectivity index (χ0n) is 11.5. The van der Waals surface area contributed by atoms with Crippen LogP contribution in [0.1, 0.15) is 24.2 Å². The highest BCUT2D eigenvalue weighted by molar-refractivity contribution is 7.89. The van der Waals surface area contributed by atoms with Gasteiger partial charge in [0.25, 0.3) is 0 Å². The molecule has 0 saturated carbocycles. The smallest absolute Gasteiger partial charge is 0.238 e. The normalized spacial score (nSPS) is 13.6. The van der Waals surface area contributed by atoms with Gasteiger partial charge in [0.1, 0.15) is 10.0 Å². The molecule has 1 atom stereocenters. The molecule has 1 aromatic heterocycles. The molecule has 0 spiro atoms. The summed E-state index contributed by atoms with van der Waals surface area (Å²) in [6.45, 7) is 2.49. The van der Waals surface area contributed by atoms with E-state index in [9.17, 15) is 8.42 Å². The van der Waals surface area contributed by atoms with Crippen molar-refractivity contribution >= 4 is 33.2 Å². The standard InChI is InChI=1S/C12H15ClN4O2S2/c1-8(17(2)7-11-12(13)20-16-15-11)9-4-3-5-10(6-9)21(14,18)19/h3-6,8H,7H2,1-2H3,(H2,14,18,19)/t8-/m0/s1. The number of aromatic nitrogens is 2. The van der Waals surface area contributed by atoms with Gasteiger partial charge in [0.15, 0.2) is 0 Å². The van der Waals surface area contributed by atoms with Crippen molar-refractivity contribution in [1.82, 2.24) is 14.5 Å². The third-order valence-electron chi connectivity index (χ3n) is 3.24. The van der Waals surface area contributed by atoms with E-state index in [4.69, 9.17) is 16.7 Å². The number of sulfonamides is 1. The summed E-state index contributed by atoms with van der Waals surface area (Å²) in [5.41, 5.74) is 1.56. The molecule has 2 rings (SSSR count). The Kier molecular flexibility index (Phi) is 4.95. The quantitative estimate of drug-likeness (QED) is 0.894. The van der Waals surface area contributed by atoms with Gasteiger partial charge in [-0.15, -0.1) is 5.10 Å². The Hall–Kier alpha value is -1.06. The number of nitrogens with two attached hydrogens (primary N) is 1. The molecule has 2 aromatic rings. The van der Waals surface area contributed by atoms with Crippen LogP contribution in [0.15, 0.2) is 29.2 Å². The van der Waals surface area contributed by atoms with Crippen molar-refractivity contribution in [3.8, 4) is 0 Å². The van der Waals surface area contributed by atoms with Crippen LogP contribution in [0, 0.1) is 0 Å². The molecule has 9 heteroatoms. The molecule has 0 saturated heterocycles. The minimum absolute atomic E-state index is 0.0236. The molecular formula is C12H15ClN4O2S2. The molecular weight excluding hydrogens is 332 g/mol. The predicted octanol–water partition coefficient (Wildman–Crippen LogP) is 2.03. The third kappa shape index (κ3) is 3.98. The summed E-state index contributed by atoms with van der Waals surface area (Å²) in [5.74, 6) is 0. The maximum Gasteiger partial charge on any atom is 0.238 e. The second-order valence-corrected chi connectivity index (χ2v) is 7.62. The average molecular weight is 347 g/mol. The van der Waals surface area contributed by atoms with E-state index < -0.39 is 10.0 Å². The Balaban J connectivity index is 2.20. The fourth-order valence-corrected chi connectivity index (χ4v) is 3.05. The van der Waals surface area contributed by atoms with Gasteiger partial charge in [-0.3, -0.25) is 4.90 Å². The van der Waals surface area contributed by atoms with Crippen molar-refractivity contribution in [2.75, 3.05) is 7.05 Å². The van der Waals surface area contributed by atoms with Crippen LogP contribution in [0.25, 0.3) is 0 Å². The first-order valence-electron chi connectivity index (χ1n) is 6.09. The lowest BCUT2D eigenvalue weighted by Gasteiger charge is -2.24. The molecule has 0 unspecified atom stereocenters. The highest BCUT2D eigenvalue weighted by Crippen LogP contribution is 2.25. The van der Waals surface area contributed by atoms with Crippen molar-refractivity contribution in [3.05, 3.63) is 39.9 Å². The Labute approximate surface area is 132 Å². The van der Waals surface area contributed by atoms with E-state index in [0.29, 0.717) is 16.6 Å². The van der Waals surface area contributed by atoms with Crippen LogP contribution in [0.4, 0.5) is 0 Å². The van der Waals surface area contributed by atoms with E-state index in [1.54, 1.807) is 12.1 Å². The summed E-state index contributed by atoms with van der Waals surface area (Å²) in [5, 5.41) is 9.12. The van der Waals surface area contributed by atoms with Gasteiger partial charge in [-0.2, -0.15) is 0 Å². The van der Waals surface area contributed by atoms with Crippen LogP contribution >= 0.6 is 23.1 Å². The molecule has 0 amide bonds. The first-order valence-corrected chi connectivity index (χ1v) is 8.78. The molecule has 6 nitrogen and oxygen atoms in total. The molecule has 0 bridgehead atoms. The van der Waals surface area contributed by atoms with Gasteiger partial charge in [-0.25, -0.2) is 13.6 Å². The van der Waals surface area contributed by atoms with E-state index in [-0.39, 0.29) is 10.9 Å². The van der Waals surface area contributed by atoms with Crippen LogP contribution in [0.3, 0.4) is 0 Å². The number of hydrogen-bond acceptors (Lipinski definition) is 6. The van der Waals surface area contributed by atoms with Crippen LogP contribution < -0.4 is 5.14 Å². The molecule has 0 aliphatic heterocycles. The van der Waals surface area contributed by atoms with Crippen molar-refractivity contribution in [1.29, 1.82) is 0 Å². The lowest BCUT2D eigenvalue weighted by atomic mass is 10.1. The maximum atomic E-state index is 11.4. The number of halogens is 1. The summed E-state index contributed by atoms with van der Waals surface area (Å²) >= 11 is 7.13. The monoisotopic (exact) mass is 346 g/mol. The summed E-state index contributed by atoms with van der Waals surface area (Å²) in [7, 11) is -1.79. The lowest BCUT2D eigenvalue weighted by Crippen LogP contribution is -2.22. The summed E-state index contributed by atoms with van der Waals surface area (Å²) in [6.07, 6.45) is 0. The Morgan fingerprint density at radius 3 is 2.76 bits per heavy atom. The SMILES string of the molecule is C[C@@H](c1cccc(S(N)(=O)=O)c1)N(C)Cc1nnsc1Cl. The fourth-order valence-electron chi connectivity index (χ4n) is 1.87.